The van der Waals surface area contributed by atoms with Gasteiger partial charge < -0.3 is 14.5 Å². The quantitative estimate of drug-likeness (QED) is 0.711. The highest BCUT2D eigenvalue weighted by atomic mass is 16.5. The minimum atomic E-state index is -0.443. The number of Topliss-reactive ketones (excluding diaryl/α,β-unsaturated/α-hetero) is 2. The lowest BCUT2D eigenvalue weighted by molar-refractivity contribution is -0.121. The molecule has 2 heterocycles. The summed E-state index contributed by atoms with van der Waals surface area (Å²) in [5.74, 6) is 0.174. The Morgan fingerprint density at radius 3 is 2.45 bits per heavy atom. The maximum Gasteiger partial charge on any atom is 0.262 e. The topological polar surface area (TPSA) is 106 Å². The number of likely N-dealkylation sites (tertiary alicyclic amines) is 1. The third kappa shape index (κ3) is 5.86. The summed E-state index contributed by atoms with van der Waals surface area (Å²) in [4.78, 5) is 48.8. The molecule has 0 atom stereocenters. The molecule has 8 nitrogen and oxygen atoms in total. The Bertz CT molecular complexity index is 954. The first-order valence-electron chi connectivity index (χ1n) is 9.30. The van der Waals surface area contributed by atoms with Gasteiger partial charge in [0.2, 0.25) is 11.2 Å². The minimum Gasteiger partial charge on any atom is -0.477 e. The van der Waals surface area contributed by atoms with Crippen molar-refractivity contribution in [3.05, 3.63) is 58.1 Å². The zero-order valence-electron chi connectivity index (χ0n) is 16.1. The second-order valence-corrected chi connectivity index (χ2v) is 6.86. The van der Waals surface area contributed by atoms with Gasteiger partial charge in [-0.05, 0) is 31.2 Å². The van der Waals surface area contributed by atoms with E-state index in [-0.39, 0.29) is 29.4 Å². The first-order chi connectivity index (χ1) is 13.9. The number of rotatable bonds is 7. The Morgan fingerprint density at radius 2 is 1.83 bits per heavy atom. The SMILES string of the molecule is CC(=O)c1ccc(NC(=O)COc2coc(CN3CCC(=O)CC3)cc2=O)cc1. The maximum absolute atomic E-state index is 12.2. The van der Waals surface area contributed by atoms with Gasteiger partial charge in [0.15, 0.2) is 12.4 Å². The molecule has 1 aliphatic heterocycles. The number of carbonyl (C=O) groups excluding carboxylic acids is 3. The van der Waals surface area contributed by atoms with Crippen molar-refractivity contribution in [1.29, 1.82) is 0 Å². The van der Waals surface area contributed by atoms with Crippen molar-refractivity contribution >= 4 is 23.2 Å². The van der Waals surface area contributed by atoms with Crippen LogP contribution in [0.2, 0.25) is 0 Å². The first kappa shape index (κ1) is 20.5. The predicted molar refractivity (Wildman–Crippen MR) is 105 cm³/mol. The Kier molecular flexibility index (Phi) is 6.56. The summed E-state index contributed by atoms with van der Waals surface area (Å²) in [6.07, 6.45) is 2.22. The van der Waals surface area contributed by atoms with Crippen LogP contribution in [-0.4, -0.2) is 42.1 Å². The lowest BCUT2D eigenvalue weighted by Crippen LogP contribution is -2.33. The van der Waals surface area contributed by atoms with Crippen molar-refractivity contribution in [3.8, 4) is 5.75 Å². The number of nitrogens with zero attached hydrogens (tertiary/aromatic N) is 1. The predicted octanol–water partition coefficient (Wildman–Crippen LogP) is 2.02. The van der Waals surface area contributed by atoms with Crippen LogP contribution < -0.4 is 15.5 Å². The van der Waals surface area contributed by atoms with E-state index in [2.05, 4.69) is 5.32 Å². The van der Waals surface area contributed by atoms with E-state index in [1.165, 1.54) is 19.3 Å². The summed E-state index contributed by atoms with van der Waals surface area (Å²) in [6.45, 7) is 2.85. The number of nitrogens with one attached hydrogen (secondary N) is 1. The van der Waals surface area contributed by atoms with E-state index in [9.17, 15) is 19.2 Å². The van der Waals surface area contributed by atoms with Gasteiger partial charge >= 0.3 is 0 Å². The molecule has 1 fully saturated rings. The van der Waals surface area contributed by atoms with Crippen LogP contribution in [0.25, 0.3) is 0 Å². The zero-order valence-corrected chi connectivity index (χ0v) is 16.1. The molecular weight excluding hydrogens is 376 g/mol. The maximum atomic E-state index is 12.2. The van der Waals surface area contributed by atoms with Crippen LogP contribution >= 0.6 is 0 Å². The second kappa shape index (κ2) is 9.29. The largest absolute Gasteiger partial charge is 0.477 e. The number of hydrogen-bond acceptors (Lipinski definition) is 7. The number of benzene rings is 1. The van der Waals surface area contributed by atoms with Crippen LogP contribution in [0, 0.1) is 0 Å². The molecule has 1 amide bonds. The summed E-state index contributed by atoms with van der Waals surface area (Å²) in [5.41, 5.74) is 0.692. The van der Waals surface area contributed by atoms with Crippen LogP contribution in [0.3, 0.4) is 0 Å². The molecule has 2 aromatic rings. The van der Waals surface area contributed by atoms with Crippen LogP contribution in [-0.2, 0) is 16.1 Å². The van der Waals surface area contributed by atoms with Crippen molar-refractivity contribution in [1.82, 2.24) is 4.90 Å². The highest BCUT2D eigenvalue weighted by Crippen LogP contribution is 2.13. The van der Waals surface area contributed by atoms with E-state index in [4.69, 9.17) is 9.15 Å². The Morgan fingerprint density at radius 1 is 1.14 bits per heavy atom. The molecule has 1 aromatic heterocycles. The van der Waals surface area contributed by atoms with Gasteiger partial charge in [-0.15, -0.1) is 0 Å². The van der Waals surface area contributed by atoms with Gasteiger partial charge in [-0.2, -0.15) is 0 Å². The molecule has 0 aliphatic carbocycles. The third-order valence-electron chi connectivity index (χ3n) is 4.58. The van der Waals surface area contributed by atoms with E-state index in [0.29, 0.717) is 49.5 Å². The number of hydrogen-bond donors (Lipinski definition) is 1. The molecule has 0 radical (unpaired) electrons. The molecular formula is C21H22N2O6. The number of ether oxygens (including phenoxy) is 1. The van der Waals surface area contributed by atoms with Crippen molar-refractivity contribution in [2.24, 2.45) is 0 Å². The average molecular weight is 398 g/mol. The van der Waals surface area contributed by atoms with E-state index in [0.717, 1.165) is 0 Å². The number of piperidine rings is 1. The summed E-state index contributed by atoms with van der Waals surface area (Å²) >= 11 is 0. The van der Waals surface area contributed by atoms with Crippen LogP contribution in [0.1, 0.15) is 35.9 Å². The molecule has 0 saturated carbocycles. The van der Waals surface area contributed by atoms with Gasteiger partial charge in [-0.3, -0.25) is 24.1 Å². The molecule has 8 heteroatoms. The monoisotopic (exact) mass is 398 g/mol. The Labute approximate surface area is 167 Å². The smallest absolute Gasteiger partial charge is 0.262 e. The fraction of sp³-hybridized carbons (Fsp3) is 0.333. The molecule has 1 N–H and O–H groups in total. The number of carbonyl (C=O) groups is 3. The number of anilines is 1. The van der Waals surface area contributed by atoms with E-state index in [1.807, 2.05) is 4.90 Å². The number of amides is 1. The molecule has 0 spiro atoms. The average Bonchev–Trinajstić information content (AvgIpc) is 2.69. The van der Waals surface area contributed by atoms with Gasteiger partial charge in [0.25, 0.3) is 5.91 Å². The highest BCUT2D eigenvalue weighted by Gasteiger charge is 2.17. The summed E-state index contributed by atoms with van der Waals surface area (Å²) < 4.78 is 10.7. The van der Waals surface area contributed by atoms with Crippen LogP contribution in [0.5, 0.6) is 5.75 Å². The fourth-order valence-electron chi connectivity index (χ4n) is 2.94. The molecule has 0 unspecified atom stereocenters. The van der Waals surface area contributed by atoms with Crippen LogP contribution in [0.15, 0.2) is 45.8 Å². The van der Waals surface area contributed by atoms with Gasteiger partial charge in [0, 0.05) is 43.2 Å². The van der Waals surface area contributed by atoms with Crippen molar-refractivity contribution in [3.63, 3.8) is 0 Å². The lowest BCUT2D eigenvalue weighted by Gasteiger charge is -2.24. The lowest BCUT2D eigenvalue weighted by atomic mass is 10.1. The number of ketones is 2. The van der Waals surface area contributed by atoms with Gasteiger partial charge in [0.05, 0.1) is 6.54 Å². The Balaban J connectivity index is 1.51. The molecule has 1 aliphatic rings. The van der Waals surface area contributed by atoms with Gasteiger partial charge in [-0.25, -0.2) is 0 Å². The van der Waals surface area contributed by atoms with E-state index >= 15 is 0 Å². The first-order valence-corrected chi connectivity index (χ1v) is 9.30. The van der Waals surface area contributed by atoms with E-state index < -0.39 is 5.91 Å². The van der Waals surface area contributed by atoms with Gasteiger partial charge in [-0.1, -0.05) is 0 Å². The standard InChI is InChI=1S/C21H22N2O6/c1-14(24)15-2-4-16(5-3-15)22-21(27)13-29-20-12-28-18(10-19(20)26)11-23-8-6-17(25)7-9-23/h2-5,10,12H,6-9,11,13H2,1H3,(H,22,27). The molecule has 3 rings (SSSR count). The van der Waals surface area contributed by atoms with Crippen molar-refractivity contribution in [2.45, 2.75) is 26.3 Å². The van der Waals surface area contributed by atoms with Crippen LogP contribution in [0.4, 0.5) is 5.69 Å². The zero-order chi connectivity index (χ0) is 20.8. The summed E-state index contributed by atoms with van der Waals surface area (Å²) in [5, 5.41) is 2.62. The minimum absolute atomic E-state index is 0.0513. The molecule has 0 bridgehead atoms. The van der Waals surface area contributed by atoms with Crippen molar-refractivity contribution in [2.75, 3.05) is 25.0 Å². The molecule has 1 aromatic carbocycles. The highest BCUT2D eigenvalue weighted by molar-refractivity contribution is 5.95. The second-order valence-electron chi connectivity index (χ2n) is 6.86. The molecule has 29 heavy (non-hydrogen) atoms. The van der Waals surface area contributed by atoms with E-state index in [1.54, 1.807) is 24.3 Å². The summed E-state index contributed by atoms with van der Waals surface area (Å²) in [6, 6.07) is 7.80. The third-order valence-corrected chi connectivity index (χ3v) is 4.58. The summed E-state index contributed by atoms with van der Waals surface area (Å²) in [7, 11) is 0. The Hall–Kier alpha value is -3.26. The van der Waals surface area contributed by atoms with Crippen molar-refractivity contribution < 1.29 is 23.5 Å². The molecule has 1 saturated heterocycles. The normalized spacial score (nSPS) is 14.4. The fourth-order valence-corrected chi connectivity index (χ4v) is 2.94. The van der Waals surface area contributed by atoms with Gasteiger partial charge in [0.1, 0.15) is 17.8 Å². The molecule has 152 valence electrons.